The lowest BCUT2D eigenvalue weighted by molar-refractivity contribution is -0.129. The third-order valence-corrected chi connectivity index (χ3v) is 7.78. The van der Waals surface area contributed by atoms with Gasteiger partial charge in [-0.1, -0.05) is 60.3 Å². The van der Waals surface area contributed by atoms with Gasteiger partial charge >= 0.3 is 0 Å². The average Bonchev–Trinajstić information content (AvgIpc) is 2.97. The molecule has 1 atom stereocenters. The molecule has 1 fully saturated rings. The number of carbonyl (C=O) groups is 1. The molecule has 2 heterocycles. The number of nitriles is 1. The van der Waals surface area contributed by atoms with Crippen molar-refractivity contribution >= 4 is 23.4 Å². The average molecular weight is 528 g/mol. The van der Waals surface area contributed by atoms with Crippen LogP contribution in [0.25, 0.3) is 0 Å². The lowest BCUT2D eigenvalue weighted by Gasteiger charge is -2.42. The van der Waals surface area contributed by atoms with Crippen LogP contribution in [0.2, 0.25) is 0 Å². The number of allylic oxidation sites excluding steroid dienone is 1. The van der Waals surface area contributed by atoms with Gasteiger partial charge in [0.25, 0.3) is 0 Å². The highest BCUT2D eigenvalue weighted by Crippen LogP contribution is 2.45. The quantitative estimate of drug-likeness (QED) is 0.361. The molecule has 38 heavy (non-hydrogen) atoms. The van der Waals surface area contributed by atoms with E-state index in [1.54, 1.807) is 12.0 Å². The highest BCUT2D eigenvalue weighted by Gasteiger charge is 2.39. The number of nitrogens with zero attached hydrogens (tertiary/aromatic N) is 3. The number of anilines is 1. The van der Waals surface area contributed by atoms with Crippen LogP contribution in [0.15, 0.2) is 83.4 Å². The molecule has 0 unspecified atom stereocenters. The first-order valence-electron chi connectivity index (χ1n) is 12.5. The summed E-state index contributed by atoms with van der Waals surface area (Å²) in [5, 5.41) is 10.9. The summed E-state index contributed by atoms with van der Waals surface area (Å²) in [6.45, 7) is 3.30. The van der Waals surface area contributed by atoms with E-state index in [2.05, 4.69) is 11.0 Å². The van der Waals surface area contributed by atoms with Gasteiger partial charge in [-0.2, -0.15) is 5.26 Å². The van der Waals surface area contributed by atoms with Gasteiger partial charge in [-0.15, -0.1) is 0 Å². The van der Waals surface area contributed by atoms with Gasteiger partial charge in [-0.25, -0.2) is 0 Å². The van der Waals surface area contributed by atoms with Crippen LogP contribution >= 0.6 is 11.8 Å². The highest BCUT2D eigenvalue weighted by molar-refractivity contribution is 8.03. The Morgan fingerprint density at radius 1 is 1.00 bits per heavy atom. The molecule has 1 saturated heterocycles. The number of hydrogen-bond acceptors (Lipinski definition) is 7. The zero-order chi connectivity index (χ0) is 26.5. The first-order chi connectivity index (χ1) is 18.6. The van der Waals surface area contributed by atoms with Crippen LogP contribution in [-0.4, -0.2) is 37.1 Å². The third-order valence-electron chi connectivity index (χ3n) is 6.63. The number of para-hydroxylation sites is 2. The molecule has 0 spiro atoms. The Bertz CT molecular complexity index is 1390. The minimum absolute atomic E-state index is 0.0153. The fourth-order valence-corrected chi connectivity index (χ4v) is 5.91. The Labute approximate surface area is 227 Å². The van der Waals surface area contributed by atoms with Crippen molar-refractivity contribution in [1.82, 2.24) is 4.90 Å². The Morgan fingerprint density at radius 3 is 2.55 bits per heavy atom. The maximum atomic E-state index is 13.4. The number of carbonyl (C=O) groups excluding carboxylic acids is 1. The first kappa shape index (κ1) is 25.6. The summed E-state index contributed by atoms with van der Waals surface area (Å²) in [6.07, 6.45) is 0.210. The van der Waals surface area contributed by atoms with Crippen LogP contribution < -0.4 is 19.1 Å². The molecular weight excluding hydrogens is 498 g/mol. The molecule has 0 saturated carbocycles. The van der Waals surface area contributed by atoms with Crippen LogP contribution in [-0.2, 0) is 11.4 Å². The molecule has 2 aliphatic heterocycles. The first-order valence-corrected chi connectivity index (χ1v) is 13.5. The molecular formula is C30H29N3O4S. The molecule has 3 aromatic carbocycles. The molecule has 7 nitrogen and oxygen atoms in total. The molecule has 1 amide bonds. The Kier molecular flexibility index (Phi) is 7.75. The molecule has 0 aromatic heterocycles. The fourth-order valence-electron chi connectivity index (χ4n) is 4.75. The Morgan fingerprint density at radius 2 is 1.79 bits per heavy atom. The van der Waals surface area contributed by atoms with Crippen molar-refractivity contribution in [2.24, 2.45) is 0 Å². The monoisotopic (exact) mass is 527 g/mol. The predicted molar refractivity (Wildman–Crippen MR) is 148 cm³/mol. The number of thioether (sulfide) groups is 1. The number of methoxy groups -OCH3 is 1. The van der Waals surface area contributed by atoms with Crippen LogP contribution in [0.1, 0.15) is 30.4 Å². The number of benzene rings is 3. The van der Waals surface area contributed by atoms with Crippen molar-refractivity contribution in [1.29, 1.82) is 5.26 Å². The fraction of sp³-hybridized carbons (Fsp3) is 0.267. The van der Waals surface area contributed by atoms with Crippen molar-refractivity contribution in [2.45, 2.75) is 25.9 Å². The zero-order valence-corrected chi connectivity index (χ0v) is 22.2. The Balaban J connectivity index is 1.39. The summed E-state index contributed by atoms with van der Waals surface area (Å²) in [4.78, 5) is 17.2. The molecule has 8 heteroatoms. The number of fused-ring (bicyclic) bond motifs is 1. The second-order valence-electron chi connectivity index (χ2n) is 8.95. The normalized spacial score (nSPS) is 17.1. The summed E-state index contributed by atoms with van der Waals surface area (Å²) in [6, 6.07) is 25.8. The van der Waals surface area contributed by atoms with E-state index in [1.807, 2.05) is 79.7 Å². The van der Waals surface area contributed by atoms with Crippen LogP contribution in [0, 0.1) is 11.3 Å². The van der Waals surface area contributed by atoms with Crippen molar-refractivity contribution in [2.75, 3.05) is 31.2 Å². The smallest absolute Gasteiger partial charge is 0.229 e. The van der Waals surface area contributed by atoms with Gasteiger partial charge in [0.15, 0.2) is 11.5 Å². The molecule has 0 N–H and O–H groups in total. The number of rotatable bonds is 8. The van der Waals surface area contributed by atoms with E-state index < -0.39 is 0 Å². The summed E-state index contributed by atoms with van der Waals surface area (Å²) in [5.41, 5.74) is 3.45. The Hall–Kier alpha value is -4.09. The zero-order valence-electron chi connectivity index (χ0n) is 21.4. The summed E-state index contributed by atoms with van der Waals surface area (Å²) < 4.78 is 17.4. The number of ether oxygens (including phenoxy) is 3. The SMILES string of the molecule is CCOc1ccccc1N1CSC2=C(C#N)[C@H](c3ccc(OCc4ccccc4)c(OC)c3)CC(=O)N2C1. The van der Waals surface area contributed by atoms with Crippen molar-refractivity contribution in [3.8, 4) is 23.3 Å². The molecule has 3 aromatic rings. The minimum atomic E-state index is -0.342. The van der Waals surface area contributed by atoms with Crippen molar-refractivity contribution in [3.05, 3.63) is 94.5 Å². The van der Waals surface area contributed by atoms with E-state index in [0.29, 0.717) is 42.8 Å². The van der Waals surface area contributed by atoms with Crippen molar-refractivity contribution < 1.29 is 19.0 Å². The van der Waals surface area contributed by atoms with Crippen molar-refractivity contribution in [3.63, 3.8) is 0 Å². The molecule has 0 radical (unpaired) electrons. The van der Waals surface area contributed by atoms with Gasteiger partial charge in [-0.3, -0.25) is 9.69 Å². The van der Waals surface area contributed by atoms with Gasteiger partial charge in [-0.05, 0) is 42.3 Å². The summed E-state index contributed by atoms with van der Waals surface area (Å²) in [7, 11) is 1.59. The topological polar surface area (TPSA) is 75.0 Å². The van der Waals surface area contributed by atoms with E-state index in [9.17, 15) is 10.1 Å². The number of hydrogen-bond donors (Lipinski definition) is 0. The molecule has 5 rings (SSSR count). The van der Waals surface area contributed by atoms with E-state index in [1.165, 1.54) is 11.8 Å². The summed E-state index contributed by atoms with van der Waals surface area (Å²) in [5.74, 6) is 2.23. The highest BCUT2D eigenvalue weighted by atomic mass is 32.2. The lowest BCUT2D eigenvalue weighted by Crippen LogP contribution is -2.47. The molecule has 2 aliphatic rings. The molecule has 0 aliphatic carbocycles. The molecule has 0 bridgehead atoms. The predicted octanol–water partition coefficient (Wildman–Crippen LogP) is 5.89. The van der Waals surface area contributed by atoms with E-state index in [4.69, 9.17) is 14.2 Å². The lowest BCUT2D eigenvalue weighted by atomic mass is 9.86. The van der Waals surface area contributed by atoms with Gasteiger partial charge in [0.1, 0.15) is 12.4 Å². The van der Waals surface area contributed by atoms with E-state index in [-0.39, 0.29) is 18.2 Å². The second-order valence-corrected chi connectivity index (χ2v) is 9.88. The van der Waals surface area contributed by atoms with Gasteiger partial charge in [0, 0.05) is 12.3 Å². The van der Waals surface area contributed by atoms with Gasteiger partial charge in [0.05, 0.1) is 48.6 Å². The van der Waals surface area contributed by atoms with Crippen LogP contribution in [0.3, 0.4) is 0 Å². The largest absolute Gasteiger partial charge is 0.493 e. The maximum absolute atomic E-state index is 13.4. The second kappa shape index (κ2) is 11.5. The van der Waals surface area contributed by atoms with E-state index >= 15 is 0 Å². The maximum Gasteiger partial charge on any atom is 0.229 e. The molecule has 194 valence electrons. The van der Waals surface area contributed by atoms with Crippen LogP contribution in [0.4, 0.5) is 5.69 Å². The van der Waals surface area contributed by atoms with E-state index in [0.717, 1.165) is 27.6 Å². The summed E-state index contributed by atoms with van der Waals surface area (Å²) >= 11 is 1.51. The van der Waals surface area contributed by atoms with Gasteiger partial charge < -0.3 is 19.1 Å². The standard InChI is InChI=1S/C30H29N3O4S/c1-3-36-26-12-8-7-11-25(26)32-19-33-29(34)16-23(24(17-31)30(33)38-20-32)22-13-14-27(28(15-22)35-2)37-18-21-9-5-4-6-10-21/h4-15,23H,3,16,18-20H2,1-2H3/t23-/m0/s1. The van der Waals surface area contributed by atoms with Crippen LogP contribution in [0.5, 0.6) is 17.2 Å². The number of amides is 1. The van der Waals surface area contributed by atoms with Gasteiger partial charge in [0.2, 0.25) is 5.91 Å². The minimum Gasteiger partial charge on any atom is -0.493 e. The third kappa shape index (κ3) is 5.15.